The summed E-state index contributed by atoms with van der Waals surface area (Å²) in [5.41, 5.74) is 0.718. The van der Waals surface area contributed by atoms with Crippen LogP contribution in [0.1, 0.15) is 22.8 Å². The molecule has 2 aliphatic rings. The summed E-state index contributed by atoms with van der Waals surface area (Å²) in [6, 6.07) is 11.9. The average Bonchev–Trinajstić information content (AvgIpc) is 3.04. The summed E-state index contributed by atoms with van der Waals surface area (Å²) >= 11 is 0. The molecule has 152 valence electrons. The predicted molar refractivity (Wildman–Crippen MR) is 109 cm³/mol. The molecule has 0 saturated carbocycles. The molecule has 0 aliphatic carbocycles. The number of ketones is 1. The molecule has 0 unspecified atom stereocenters. The van der Waals surface area contributed by atoms with E-state index >= 15 is 0 Å². The summed E-state index contributed by atoms with van der Waals surface area (Å²) in [5.74, 6) is -1.17. The molecule has 2 heterocycles. The quantitative estimate of drug-likeness (QED) is 0.537. The second-order valence-electron chi connectivity index (χ2n) is 6.80. The van der Waals surface area contributed by atoms with Gasteiger partial charge < -0.3 is 5.11 Å². The van der Waals surface area contributed by atoms with Gasteiger partial charge in [-0.15, -0.1) is 0 Å². The van der Waals surface area contributed by atoms with Gasteiger partial charge in [-0.1, -0.05) is 53.8 Å². The maximum atomic E-state index is 12.6. The van der Waals surface area contributed by atoms with Crippen LogP contribution in [0.2, 0.25) is 0 Å². The van der Waals surface area contributed by atoms with Gasteiger partial charge in [-0.05, 0) is 42.8 Å². The van der Waals surface area contributed by atoms with E-state index in [2.05, 4.69) is 0 Å². The van der Waals surface area contributed by atoms with E-state index in [0.717, 1.165) is 0 Å². The molecule has 2 aliphatic heterocycles. The third kappa shape index (κ3) is 2.96. The van der Waals surface area contributed by atoms with Gasteiger partial charge in [0.25, 0.3) is 0 Å². The van der Waals surface area contributed by atoms with Crippen molar-refractivity contribution in [3.8, 4) is 0 Å². The Morgan fingerprint density at radius 2 is 1.43 bits per heavy atom. The largest absolute Gasteiger partial charge is 0.871 e. The first-order valence-electron chi connectivity index (χ1n) is 8.87. The van der Waals surface area contributed by atoms with E-state index in [1.54, 1.807) is 31.2 Å². The fourth-order valence-corrected chi connectivity index (χ4v) is 6.42. The minimum Gasteiger partial charge on any atom is -0.871 e. The second-order valence-corrected chi connectivity index (χ2v) is 10.6. The van der Waals surface area contributed by atoms with E-state index in [1.807, 2.05) is 0 Å². The summed E-state index contributed by atoms with van der Waals surface area (Å²) in [6.45, 7) is 1.60. The van der Waals surface area contributed by atoms with Crippen LogP contribution in [0.3, 0.4) is 0 Å². The zero-order valence-corrected chi connectivity index (χ0v) is 17.3. The normalized spacial score (nSPS) is 20.8. The van der Waals surface area contributed by atoms with Gasteiger partial charge in [0.2, 0.25) is 25.5 Å². The summed E-state index contributed by atoms with van der Waals surface area (Å²) in [4.78, 5) is 11.7. The van der Waals surface area contributed by atoms with Crippen LogP contribution in [0.5, 0.6) is 0 Å². The summed E-state index contributed by atoms with van der Waals surface area (Å²) in [5, 5.41) is 12.4. The molecule has 0 spiro atoms. The predicted octanol–water partition coefficient (Wildman–Crippen LogP) is 2.56. The van der Waals surface area contributed by atoms with E-state index in [0.29, 0.717) is 5.57 Å². The number of rotatable bonds is 3. The van der Waals surface area contributed by atoms with Gasteiger partial charge in [-0.25, -0.2) is 16.8 Å². The third-order valence-electron chi connectivity index (χ3n) is 4.86. The summed E-state index contributed by atoms with van der Waals surface area (Å²) < 4.78 is 50.3. The van der Waals surface area contributed by atoms with Gasteiger partial charge in [-0.3, -0.25) is 4.79 Å². The molecule has 0 fully saturated rings. The highest BCUT2D eigenvalue weighted by atomic mass is 32.2. The van der Waals surface area contributed by atoms with Crippen LogP contribution in [0.15, 0.2) is 98.0 Å². The molecule has 0 amide bonds. The van der Waals surface area contributed by atoms with Gasteiger partial charge in [-0.2, -0.15) is 0 Å². The standard InChI is InChI=1S/C22H16O6S2/c1-14(10-12-19-21(23)15-6-2-4-8-17(15)29(19,25)26)11-13-20-22(24)16-7-3-5-9-18(16)30(20,27)28/h2-13,23H,1H3/p-1/b12-10+,14-11+,20-13-. The molecule has 0 radical (unpaired) electrons. The Labute approximate surface area is 174 Å². The first kappa shape index (κ1) is 20.1. The Hall–Kier alpha value is -3.23. The summed E-state index contributed by atoms with van der Waals surface area (Å²) in [6.07, 6.45) is 5.18. The molecule has 0 atom stereocenters. The molecule has 6 nitrogen and oxygen atoms in total. The maximum Gasteiger partial charge on any atom is 0.211 e. The Morgan fingerprint density at radius 3 is 2.03 bits per heavy atom. The van der Waals surface area contributed by atoms with E-state index in [-0.39, 0.29) is 30.7 Å². The Morgan fingerprint density at radius 1 is 0.867 bits per heavy atom. The topological polar surface area (TPSA) is 108 Å². The number of hydrogen-bond acceptors (Lipinski definition) is 6. The highest BCUT2D eigenvalue weighted by Crippen LogP contribution is 2.37. The fraction of sp³-hybridized carbons (Fsp3) is 0.0455. The van der Waals surface area contributed by atoms with Crippen LogP contribution in [0.4, 0.5) is 0 Å². The first-order chi connectivity index (χ1) is 14.2. The van der Waals surface area contributed by atoms with Crippen molar-refractivity contribution in [2.24, 2.45) is 0 Å². The van der Waals surface area contributed by atoms with Crippen LogP contribution < -0.4 is 5.11 Å². The number of carbonyl (C=O) groups excluding carboxylic acids is 1. The molecule has 0 aromatic heterocycles. The smallest absolute Gasteiger partial charge is 0.211 e. The molecular weight excluding hydrogens is 424 g/mol. The highest BCUT2D eigenvalue weighted by molar-refractivity contribution is 7.97. The molecule has 8 heteroatoms. The van der Waals surface area contributed by atoms with E-state index < -0.39 is 31.2 Å². The number of allylic oxidation sites excluding steroid dienone is 6. The zero-order valence-electron chi connectivity index (χ0n) is 15.7. The lowest BCUT2D eigenvalue weighted by Crippen LogP contribution is -2.03. The second kappa shape index (κ2) is 6.93. The van der Waals surface area contributed by atoms with Gasteiger partial charge in [0.15, 0.2) is 0 Å². The lowest BCUT2D eigenvalue weighted by molar-refractivity contribution is -0.244. The van der Waals surface area contributed by atoms with Crippen molar-refractivity contribution in [3.63, 3.8) is 0 Å². The van der Waals surface area contributed by atoms with Crippen molar-refractivity contribution in [3.05, 3.63) is 99.3 Å². The SMILES string of the molecule is CC(/C=C/C1=C([O-])c2ccccc2S1(=O)=O)=C\C=C1\C(=O)c2ccccc2S1(=O)=O. The van der Waals surface area contributed by atoms with Crippen LogP contribution in [0, 0.1) is 0 Å². The number of hydrogen-bond donors (Lipinski definition) is 0. The molecule has 30 heavy (non-hydrogen) atoms. The highest BCUT2D eigenvalue weighted by Gasteiger charge is 2.38. The Kier molecular flexibility index (Phi) is 4.63. The van der Waals surface area contributed by atoms with Crippen LogP contribution in [0.25, 0.3) is 5.76 Å². The van der Waals surface area contributed by atoms with Crippen molar-refractivity contribution in [2.75, 3.05) is 0 Å². The number of carbonyl (C=O) groups is 1. The molecule has 0 N–H and O–H groups in total. The number of Topliss-reactive ketones (excluding diaryl/α,β-unsaturated/α-hetero) is 1. The molecule has 4 rings (SSSR count). The summed E-state index contributed by atoms with van der Waals surface area (Å²) in [7, 11) is -7.80. The lowest BCUT2D eigenvalue weighted by Gasteiger charge is -2.07. The van der Waals surface area contributed by atoms with E-state index in [1.165, 1.54) is 48.6 Å². The van der Waals surface area contributed by atoms with Gasteiger partial charge in [0.1, 0.15) is 4.91 Å². The zero-order chi connectivity index (χ0) is 21.7. The third-order valence-corrected chi connectivity index (χ3v) is 8.54. The van der Waals surface area contributed by atoms with Crippen molar-refractivity contribution >= 4 is 31.2 Å². The van der Waals surface area contributed by atoms with Gasteiger partial charge in [0.05, 0.1) is 14.7 Å². The first-order valence-corrected chi connectivity index (χ1v) is 11.8. The van der Waals surface area contributed by atoms with E-state index in [9.17, 15) is 26.7 Å². The number of fused-ring (bicyclic) bond motifs is 2. The lowest BCUT2D eigenvalue weighted by atomic mass is 10.1. The van der Waals surface area contributed by atoms with Crippen LogP contribution in [-0.4, -0.2) is 22.6 Å². The molecular formula is C22H15O6S2-. The van der Waals surface area contributed by atoms with Crippen molar-refractivity contribution in [1.82, 2.24) is 0 Å². The van der Waals surface area contributed by atoms with Crippen LogP contribution in [-0.2, 0) is 19.7 Å². The van der Waals surface area contributed by atoms with E-state index in [4.69, 9.17) is 0 Å². The monoisotopic (exact) mass is 439 g/mol. The van der Waals surface area contributed by atoms with Gasteiger partial charge >= 0.3 is 0 Å². The van der Waals surface area contributed by atoms with Crippen molar-refractivity contribution in [1.29, 1.82) is 0 Å². The minimum absolute atomic E-state index is 0.0289. The molecule has 2 aromatic carbocycles. The molecule has 0 saturated heterocycles. The minimum atomic E-state index is -3.90. The fourth-order valence-electron chi connectivity index (χ4n) is 3.32. The van der Waals surface area contributed by atoms with Crippen LogP contribution >= 0.6 is 0 Å². The van der Waals surface area contributed by atoms with Gasteiger partial charge in [0, 0.05) is 5.56 Å². The Balaban J connectivity index is 1.66. The number of sulfone groups is 2. The molecule has 0 bridgehead atoms. The average molecular weight is 439 g/mol. The van der Waals surface area contributed by atoms with Crippen molar-refractivity contribution in [2.45, 2.75) is 16.7 Å². The molecule has 2 aromatic rings. The maximum absolute atomic E-state index is 12.6. The Bertz CT molecular complexity index is 1440. The van der Waals surface area contributed by atoms with Crippen molar-refractivity contribution < 1.29 is 26.7 Å². The number of benzene rings is 2.